The smallest absolute Gasteiger partial charge is 0.242 e. The predicted octanol–water partition coefficient (Wildman–Crippen LogP) is 3.13. The van der Waals surface area contributed by atoms with Gasteiger partial charge in [0.2, 0.25) is 10.0 Å². The lowest BCUT2D eigenvalue weighted by atomic mass is 9.81. The summed E-state index contributed by atoms with van der Waals surface area (Å²) >= 11 is 3.28. The van der Waals surface area contributed by atoms with Gasteiger partial charge in [0.25, 0.3) is 0 Å². The van der Waals surface area contributed by atoms with E-state index in [0.29, 0.717) is 11.8 Å². The second kappa shape index (κ2) is 6.03. The van der Waals surface area contributed by atoms with Crippen LogP contribution in [0, 0.1) is 11.8 Å². The molecule has 0 amide bonds. The van der Waals surface area contributed by atoms with Crippen molar-refractivity contribution in [2.75, 3.05) is 5.73 Å². The summed E-state index contributed by atoms with van der Waals surface area (Å²) in [4.78, 5) is 0.159. The van der Waals surface area contributed by atoms with Gasteiger partial charge in [-0.25, -0.2) is 13.1 Å². The highest BCUT2D eigenvalue weighted by atomic mass is 79.9. The maximum atomic E-state index is 12.4. The number of halogens is 1. The Morgan fingerprint density at radius 3 is 2.35 bits per heavy atom. The summed E-state index contributed by atoms with van der Waals surface area (Å²) in [6.45, 7) is 4.34. The second-order valence-electron chi connectivity index (χ2n) is 5.92. The van der Waals surface area contributed by atoms with Gasteiger partial charge in [-0.1, -0.05) is 29.8 Å². The van der Waals surface area contributed by atoms with Crippen LogP contribution >= 0.6 is 15.9 Å². The topological polar surface area (TPSA) is 72.2 Å². The van der Waals surface area contributed by atoms with Crippen molar-refractivity contribution >= 4 is 31.6 Å². The fourth-order valence-electron chi connectivity index (χ4n) is 3.09. The van der Waals surface area contributed by atoms with Gasteiger partial charge in [0.05, 0.1) is 5.69 Å². The third kappa shape index (κ3) is 3.74. The van der Waals surface area contributed by atoms with Crippen LogP contribution in [-0.2, 0) is 10.0 Å². The third-order valence-electron chi connectivity index (χ3n) is 3.76. The summed E-state index contributed by atoms with van der Waals surface area (Å²) in [6.07, 6.45) is 2.94. The molecule has 2 atom stereocenters. The molecule has 1 aromatic carbocycles. The largest absolute Gasteiger partial charge is 0.398 e. The first-order valence-electron chi connectivity index (χ1n) is 6.85. The minimum absolute atomic E-state index is 0.00166. The van der Waals surface area contributed by atoms with Crippen LogP contribution in [0.15, 0.2) is 27.6 Å². The number of benzene rings is 1. The number of hydrogen-bond donors (Lipinski definition) is 2. The fourth-order valence-corrected chi connectivity index (χ4v) is 4.84. The average Bonchev–Trinajstić information content (AvgIpc) is 2.25. The van der Waals surface area contributed by atoms with Crippen LogP contribution in [0.3, 0.4) is 0 Å². The molecular weight excluding hydrogens is 340 g/mol. The molecule has 20 heavy (non-hydrogen) atoms. The third-order valence-corrected chi connectivity index (χ3v) is 5.85. The molecule has 3 N–H and O–H groups in total. The van der Waals surface area contributed by atoms with E-state index in [1.165, 1.54) is 12.5 Å². The Kier molecular flexibility index (Phi) is 4.76. The SMILES string of the molecule is CC1CC(C)CC(NS(=O)(=O)c2ccc(Br)cc2N)C1. The molecule has 6 heteroatoms. The normalized spacial score (nSPS) is 27.4. The molecule has 4 nitrogen and oxygen atoms in total. The number of anilines is 1. The first-order valence-corrected chi connectivity index (χ1v) is 9.13. The molecule has 1 aromatic rings. The van der Waals surface area contributed by atoms with Gasteiger partial charge in [0.15, 0.2) is 0 Å². The highest BCUT2D eigenvalue weighted by Crippen LogP contribution is 2.30. The Bertz CT molecular complexity index is 579. The van der Waals surface area contributed by atoms with Gasteiger partial charge in [-0.3, -0.25) is 0 Å². The van der Waals surface area contributed by atoms with Gasteiger partial charge in [-0.05, 0) is 49.3 Å². The zero-order valence-electron chi connectivity index (χ0n) is 11.8. The monoisotopic (exact) mass is 360 g/mol. The molecule has 0 spiro atoms. The van der Waals surface area contributed by atoms with Crippen molar-refractivity contribution in [2.45, 2.75) is 44.0 Å². The quantitative estimate of drug-likeness (QED) is 0.813. The molecule has 0 saturated heterocycles. The van der Waals surface area contributed by atoms with Gasteiger partial charge >= 0.3 is 0 Å². The molecule has 0 bridgehead atoms. The van der Waals surface area contributed by atoms with Gasteiger partial charge < -0.3 is 5.73 Å². The first kappa shape index (κ1) is 15.8. The summed E-state index contributed by atoms with van der Waals surface area (Å²) < 4.78 is 28.5. The second-order valence-corrected chi connectivity index (χ2v) is 8.52. The number of sulfonamides is 1. The number of hydrogen-bond acceptors (Lipinski definition) is 3. The summed E-state index contributed by atoms with van der Waals surface area (Å²) in [7, 11) is -3.55. The molecule has 0 heterocycles. The molecular formula is C14H21BrN2O2S. The summed E-state index contributed by atoms with van der Waals surface area (Å²) in [5, 5.41) is 0. The highest BCUT2D eigenvalue weighted by molar-refractivity contribution is 9.10. The Balaban J connectivity index is 2.18. The van der Waals surface area contributed by atoms with E-state index in [9.17, 15) is 8.42 Å². The van der Waals surface area contributed by atoms with E-state index in [4.69, 9.17) is 5.73 Å². The molecule has 1 aliphatic carbocycles. The van der Waals surface area contributed by atoms with Crippen molar-refractivity contribution in [3.8, 4) is 0 Å². The van der Waals surface area contributed by atoms with Crippen molar-refractivity contribution in [3.63, 3.8) is 0 Å². The fraction of sp³-hybridized carbons (Fsp3) is 0.571. The van der Waals surface area contributed by atoms with E-state index in [1.807, 2.05) is 0 Å². The van der Waals surface area contributed by atoms with E-state index in [2.05, 4.69) is 34.5 Å². The predicted molar refractivity (Wildman–Crippen MR) is 84.8 cm³/mol. The lowest BCUT2D eigenvalue weighted by Gasteiger charge is -2.31. The Morgan fingerprint density at radius 1 is 1.20 bits per heavy atom. The number of rotatable bonds is 3. The van der Waals surface area contributed by atoms with Crippen LogP contribution in [0.2, 0.25) is 0 Å². The molecule has 2 rings (SSSR count). The average molecular weight is 361 g/mol. The van der Waals surface area contributed by atoms with Crippen LogP contribution in [0.5, 0.6) is 0 Å². The minimum Gasteiger partial charge on any atom is -0.398 e. The van der Waals surface area contributed by atoms with Crippen molar-refractivity contribution in [2.24, 2.45) is 11.8 Å². The van der Waals surface area contributed by atoms with Crippen LogP contribution in [0.1, 0.15) is 33.1 Å². The lowest BCUT2D eigenvalue weighted by Crippen LogP contribution is -2.40. The van der Waals surface area contributed by atoms with Gasteiger partial charge in [0, 0.05) is 10.5 Å². The van der Waals surface area contributed by atoms with E-state index in [-0.39, 0.29) is 16.6 Å². The lowest BCUT2D eigenvalue weighted by molar-refractivity contribution is 0.258. The van der Waals surface area contributed by atoms with Crippen LogP contribution in [0.4, 0.5) is 5.69 Å². The van der Waals surface area contributed by atoms with Crippen LogP contribution < -0.4 is 10.5 Å². The Hall–Kier alpha value is -0.590. The maximum Gasteiger partial charge on any atom is 0.242 e. The molecule has 2 unspecified atom stereocenters. The zero-order valence-corrected chi connectivity index (χ0v) is 14.2. The minimum atomic E-state index is -3.55. The summed E-state index contributed by atoms with van der Waals surface area (Å²) in [5.41, 5.74) is 6.09. The van der Waals surface area contributed by atoms with Crippen molar-refractivity contribution < 1.29 is 8.42 Å². The van der Waals surface area contributed by atoms with E-state index >= 15 is 0 Å². The maximum absolute atomic E-state index is 12.4. The molecule has 1 fully saturated rings. The van der Waals surface area contributed by atoms with Crippen molar-refractivity contribution in [3.05, 3.63) is 22.7 Å². The summed E-state index contributed by atoms with van der Waals surface area (Å²) in [6, 6.07) is 4.84. The standard InChI is InChI=1S/C14H21BrN2O2S/c1-9-5-10(2)7-12(6-9)17-20(18,19)14-4-3-11(15)8-13(14)16/h3-4,8-10,12,17H,5-7,16H2,1-2H3. The highest BCUT2D eigenvalue weighted by Gasteiger charge is 2.28. The summed E-state index contributed by atoms with van der Waals surface area (Å²) in [5.74, 6) is 1.10. The van der Waals surface area contributed by atoms with E-state index in [1.54, 1.807) is 12.1 Å². The van der Waals surface area contributed by atoms with Gasteiger partial charge in [-0.2, -0.15) is 0 Å². The first-order chi connectivity index (χ1) is 9.28. The van der Waals surface area contributed by atoms with Crippen LogP contribution in [0.25, 0.3) is 0 Å². The van der Waals surface area contributed by atoms with Crippen LogP contribution in [-0.4, -0.2) is 14.5 Å². The number of nitrogens with two attached hydrogens (primary N) is 1. The molecule has 1 saturated carbocycles. The molecule has 0 aliphatic heterocycles. The molecule has 0 radical (unpaired) electrons. The molecule has 112 valence electrons. The molecule has 1 aliphatic rings. The van der Waals surface area contributed by atoms with Gasteiger partial charge in [0.1, 0.15) is 4.90 Å². The van der Waals surface area contributed by atoms with E-state index < -0.39 is 10.0 Å². The molecule has 0 aromatic heterocycles. The number of nitrogens with one attached hydrogen (secondary N) is 1. The Morgan fingerprint density at radius 2 is 1.80 bits per heavy atom. The number of nitrogen functional groups attached to an aromatic ring is 1. The zero-order chi connectivity index (χ0) is 14.9. The Labute approximate surface area is 129 Å². The van der Waals surface area contributed by atoms with Crippen molar-refractivity contribution in [1.29, 1.82) is 0 Å². The van der Waals surface area contributed by atoms with Crippen molar-refractivity contribution in [1.82, 2.24) is 4.72 Å². The van der Waals surface area contributed by atoms with Gasteiger partial charge in [-0.15, -0.1) is 0 Å². The van der Waals surface area contributed by atoms with E-state index in [0.717, 1.165) is 17.3 Å².